The first-order valence-electron chi connectivity index (χ1n) is 6.79. The molecule has 1 unspecified atom stereocenters. The second kappa shape index (κ2) is 6.57. The molecule has 1 saturated heterocycles. The van der Waals surface area contributed by atoms with Crippen molar-refractivity contribution in [3.05, 3.63) is 29.8 Å². The molecule has 0 saturated carbocycles. The van der Waals surface area contributed by atoms with Crippen molar-refractivity contribution >= 4 is 5.97 Å². The highest BCUT2D eigenvalue weighted by molar-refractivity contribution is 5.67. The molecule has 104 valence electrons. The Hall–Kier alpha value is -1.55. The van der Waals surface area contributed by atoms with Crippen molar-refractivity contribution < 1.29 is 14.6 Å². The summed E-state index contributed by atoms with van der Waals surface area (Å²) in [5.74, 6) is 0.116. The maximum atomic E-state index is 10.5. The summed E-state index contributed by atoms with van der Waals surface area (Å²) in [5, 5.41) is 8.64. The van der Waals surface area contributed by atoms with E-state index in [-0.39, 0.29) is 12.5 Å². The second-order valence-electron chi connectivity index (χ2n) is 5.18. The molecule has 1 N–H and O–H groups in total. The van der Waals surface area contributed by atoms with Crippen LogP contribution in [0.5, 0.6) is 5.75 Å². The quantitative estimate of drug-likeness (QED) is 0.884. The van der Waals surface area contributed by atoms with Crippen LogP contribution < -0.4 is 4.74 Å². The number of aliphatic carboxylic acids is 1. The number of likely N-dealkylation sites (N-methyl/N-ethyl adjacent to an activating group) is 1. The molecule has 0 aromatic heterocycles. The number of benzene rings is 1. The van der Waals surface area contributed by atoms with Crippen LogP contribution in [0.4, 0.5) is 0 Å². The molecule has 1 fully saturated rings. The first-order valence-corrected chi connectivity index (χ1v) is 6.79. The lowest BCUT2D eigenvalue weighted by Crippen LogP contribution is -2.38. The minimum absolute atomic E-state index is 0.174. The smallest absolute Gasteiger partial charge is 0.303 e. The van der Waals surface area contributed by atoms with Crippen molar-refractivity contribution in [1.82, 2.24) is 4.90 Å². The molecule has 2 rings (SSSR count). The lowest BCUT2D eigenvalue weighted by Gasteiger charge is -2.30. The van der Waals surface area contributed by atoms with Crippen LogP contribution >= 0.6 is 0 Å². The summed E-state index contributed by atoms with van der Waals surface area (Å²) in [4.78, 5) is 12.8. The van der Waals surface area contributed by atoms with Gasteiger partial charge in [0.15, 0.2) is 0 Å². The van der Waals surface area contributed by atoms with Gasteiger partial charge >= 0.3 is 5.97 Å². The van der Waals surface area contributed by atoms with Crippen LogP contribution in [0.2, 0.25) is 0 Å². The second-order valence-corrected chi connectivity index (χ2v) is 5.18. The molecular weight excluding hydrogens is 242 g/mol. The summed E-state index contributed by atoms with van der Waals surface area (Å²) in [6, 6.07) is 7.77. The largest absolute Gasteiger partial charge is 0.489 e. The normalized spacial score (nSPS) is 20.2. The van der Waals surface area contributed by atoms with Crippen LogP contribution in [0.1, 0.15) is 24.8 Å². The van der Waals surface area contributed by atoms with Crippen LogP contribution in [0.25, 0.3) is 0 Å². The number of aryl methyl sites for hydroxylation is 1. The fourth-order valence-electron chi connectivity index (χ4n) is 2.39. The zero-order chi connectivity index (χ0) is 13.7. The van der Waals surface area contributed by atoms with Gasteiger partial charge in [-0.15, -0.1) is 0 Å². The third-order valence-electron chi connectivity index (χ3n) is 3.43. The summed E-state index contributed by atoms with van der Waals surface area (Å²) in [6.07, 6.45) is 3.29. The number of carboxylic acid groups (broad SMARTS) is 1. The van der Waals surface area contributed by atoms with E-state index in [1.165, 1.54) is 6.42 Å². The monoisotopic (exact) mass is 263 g/mol. The van der Waals surface area contributed by atoms with Crippen LogP contribution in [0, 0.1) is 0 Å². The molecule has 0 aliphatic carbocycles. The Morgan fingerprint density at radius 1 is 1.42 bits per heavy atom. The highest BCUT2D eigenvalue weighted by Crippen LogP contribution is 2.19. The Morgan fingerprint density at radius 3 is 2.79 bits per heavy atom. The number of carboxylic acids is 1. The number of hydrogen-bond donors (Lipinski definition) is 1. The summed E-state index contributed by atoms with van der Waals surface area (Å²) in [5.41, 5.74) is 1.04. The Labute approximate surface area is 114 Å². The number of ether oxygens (including phenoxy) is 1. The molecule has 4 nitrogen and oxygen atoms in total. The molecule has 1 aliphatic rings. The minimum Gasteiger partial charge on any atom is -0.489 e. The summed E-state index contributed by atoms with van der Waals surface area (Å²) < 4.78 is 5.95. The molecule has 0 amide bonds. The zero-order valence-corrected chi connectivity index (χ0v) is 11.3. The predicted octanol–water partition coefficient (Wildman–Crippen LogP) is 2.18. The molecule has 1 atom stereocenters. The van der Waals surface area contributed by atoms with E-state index in [1.807, 2.05) is 24.3 Å². The molecular formula is C15H21NO3. The number of nitrogens with zero attached hydrogens (tertiary/aromatic N) is 1. The van der Waals surface area contributed by atoms with E-state index >= 15 is 0 Å². The first kappa shape index (κ1) is 13.9. The Balaban J connectivity index is 1.85. The molecule has 0 bridgehead atoms. The molecule has 1 aromatic carbocycles. The van der Waals surface area contributed by atoms with E-state index in [2.05, 4.69) is 11.9 Å². The van der Waals surface area contributed by atoms with Gasteiger partial charge in [-0.25, -0.2) is 0 Å². The molecule has 0 spiro atoms. The minimum atomic E-state index is -0.759. The average molecular weight is 263 g/mol. The maximum Gasteiger partial charge on any atom is 0.303 e. The topological polar surface area (TPSA) is 49.8 Å². The summed E-state index contributed by atoms with van der Waals surface area (Å²) in [7, 11) is 2.12. The van der Waals surface area contributed by atoms with Crippen molar-refractivity contribution in [2.45, 2.75) is 31.8 Å². The van der Waals surface area contributed by atoms with E-state index in [0.717, 1.165) is 30.8 Å². The van der Waals surface area contributed by atoms with Crippen molar-refractivity contribution in [2.24, 2.45) is 0 Å². The highest BCUT2D eigenvalue weighted by atomic mass is 16.5. The number of hydrogen-bond acceptors (Lipinski definition) is 3. The molecule has 1 aliphatic heterocycles. The Morgan fingerprint density at radius 2 is 2.16 bits per heavy atom. The van der Waals surface area contributed by atoms with Gasteiger partial charge in [0, 0.05) is 13.0 Å². The number of piperidine rings is 1. The number of likely N-dealkylation sites (tertiary alicyclic amines) is 1. The van der Waals surface area contributed by atoms with E-state index in [9.17, 15) is 4.79 Å². The highest BCUT2D eigenvalue weighted by Gasteiger charge is 2.18. The maximum absolute atomic E-state index is 10.5. The van der Waals surface area contributed by atoms with Gasteiger partial charge in [-0.2, -0.15) is 0 Å². The van der Waals surface area contributed by atoms with Crippen LogP contribution in [0.15, 0.2) is 24.3 Å². The van der Waals surface area contributed by atoms with E-state index in [0.29, 0.717) is 6.42 Å². The van der Waals surface area contributed by atoms with E-state index < -0.39 is 5.97 Å². The van der Waals surface area contributed by atoms with Gasteiger partial charge in [0.2, 0.25) is 0 Å². The fourth-order valence-corrected chi connectivity index (χ4v) is 2.39. The third-order valence-corrected chi connectivity index (χ3v) is 3.43. The number of rotatable bonds is 5. The van der Waals surface area contributed by atoms with Crippen molar-refractivity contribution in [2.75, 3.05) is 20.1 Å². The standard InChI is InChI=1S/C15H21NO3/c1-16-10-2-3-14(11-16)19-13-7-4-12(5-8-13)6-9-15(17)18/h4-5,7-8,14H,2-3,6,9-11H2,1H3,(H,17,18). The molecule has 1 aromatic rings. The Bertz CT molecular complexity index is 416. The lowest BCUT2D eigenvalue weighted by molar-refractivity contribution is -0.136. The number of carbonyl (C=O) groups is 1. The molecule has 1 heterocycles. The van der Waals surface area contributed by atoms with Crippen molar-refractivity contribution in [3.63, 3.8) is 0 Å². The SMILES string of the molecule is CN1CCCC(Oc2ccc(CCC(=O)O)cc2)C1. The summed E-state index contributed by atoms with van der Waals surface area (Å²) >= 11 is 0. The predicted molar refractivity (Wildman–Crippen MR) is 73.5 cm³/mol. The van der Waals surface area contributed by atoms with Gasteiger partial charge in [-0.05, 0) is 50.6 Å². The molecule has 0 radical (unpaired) electrons. The van der Waals surface area contributed by atoms with Gasteiger partial charge in [-0.1, -0.05) is 12.1 Å². The van der Waals surface area contributed by atoms with E-state index in [1.54, 1.807) is 0 Å². The average Bonchev–Trinajstić information content (AvgIpc) is 2.38. The van der Waals surface area contributed by atoms with Crippen LogP contribution in [0.3, 0.4) is 0 Å². The van der Waals surface area contributed by atoms with Crippen molar-refractivity contribution in [1.29, 1.82) is 0 Å². The van der Waals surface area contributed by atoms with Gasteiger partial charge in [0.25, 0.3) is 0 Å². The van der Waals surface area contributed by atoms with Crippen molar-refractivity contribution in [3.8, 4) is 5.75 Å². The van der Waals surface area contributed by atoms with E-state index in [4.69, 9.17) is 9.84 Å². The summed E-state index contributed by atoms with van der Waals surface area (Å²) in [6.45, 7) is 2.12. The zero-order valence-electron chi connectivity index (χ0n) is 11.3. The fraction of sp³-hybridized carbons (Fsp3) is 0.533. The third kappa shape index (κ3) is 4.56. The Kier molecular flexibility index (Phi) is 4.80. The first-order chi connectivity index (χ1) is 9.13. The lowest BCUT2D eigenvalue weighted by atomic mass is 10.1. The molecule has 19 heavy (non-hydrogen) atoms. The van der Waals surface area contributed by atoms with Gasteiger partial charge in [-0.3, -0.25) is 4.79 Å². The molecule has 4 heteroatoms. The van der Waals surface area contributed by atoms with Crippen LogP contribution in [-0.2, 0) is 11.2 Å². The van der Waals surface area contributed by atoms with Gasteiger partial charge < -0.3 is 14.7 Å². The van der Waals surface area contributed by atoms with Crippen LogP contribution in [-0.4, -0.2) is 42.2 Å². The van der Waals surface area contributed by atoms with Gasteiger partial charge in [0.05, 0.1) is 0 Å². The van der Waals surface area contributed by atoms with Gasteiger partial charge in [0.1, 0.15) is 11.9 Å².